The molecule has 34 heavy (non-hydrogen) atoms. The second-order valence-corrected chi connectivity index (χ2v) is 8.26. The Morgan fingerprint density at radius 1 is 1.15 bits per heavy atom. The number of rotatable bonds is 9. The summed E-state index contributed by atoms with van der Waals surface area (Å²) in [6, 6.07) is 9.84. The fourth-order valence-corrected chi connectivity index (χ4v) is 4.20. The van der Waals surface area contributed by atoms with Gasteiger partial charge in [0.2, 0.25) is 0 Å². The van der Waals surface area contributed by atoms with E-state index in [-0.39, 0.29) is 6.04 Å². The Labute approximate surface area is 199 Å². The number of fused-ring (bicyclic) bond motifs is 1. The monoisotopic (exact) mass is 468 g/mol. The van der Waals surface area contributed by atoms with Gasteiger partial charge in [-0.25, -0.2) is 4.79 Å². The zero-order chi connectivity index (χ0) is 24.1. The summed E-state index contributed by atoms with van der Waals surface area (Å²) in [5, 5.41) is 3.40. The zero-order valence-electron chi connectivity index (χ0n) is 19.9. The second kappa shape index (κ2) is 10.6. The maximum atomic E-state index is 11.7. The number of carbonyl (C=O) groups is 1. The zero-order valence-corrected chi connectivity index (χ0v) is 19.9. The summed E-state index contributed by atoms with van der Waals surface area (Å²) in [5.74, 6) is 0.945. The number of esters is 1. The minimum Gasteiger partial charge on any atom is -0.492 e. The van der Waals surface area contributed by atoms with Crippen LogP contribution in [0.4, 0.5) is 11.7 Å². The van der Waals surface area contributed by atoms with E-state index in [0.29, 0.717) is 53.1 Å². The van der Waals surface area contributed by atoms with Crippen molar-refractivity contribution in [3.8, 4) is 11.5 Å². The lowest BCUT2D eigenvalue weighted by atomic mass is 10.0. The first-order valence-electron chi connectivity index (χ1n) is 11.7. The molecule has 3 aromatic rings. The first kappa shape index (κ1) is 23.7. The number of methoxy groups -OCH3 is 1. The Hall–Kier alpha value is -3.46. The van der Waals surface area contributed by atoms with E-state index in [1.54, 1.807) is 18.2 Å². The molecule has 1 aliphatic heterocycles. The van der Waals surface area contributed by atoms with Crippen molar-refractivity contribution in [1.29, 1.82) is 0 Å². The number of hydrogen-bond acceptors (Lipinski definition) is 9. The van der Waals surface area contributed by atoms with E-state index >= 15 is 0 Å². The summed E-state index contributed by atoms with van der Waals surface area (Å²) in [5.41, 5.74) is 9.56. The molecular formula is C25H32N4O5. The molecule has 1 aromatic heterocycles. The third-order valence-electron chi connectivity index (χ3n) is 5.89. The van der Waals surface area contributed by atoms with Gasteiger partial charge in [-0.15, -0.1) is 0 Å². The van der Waals surface area contributed by atoms with E-state index < -0.39 is 5.97 Å². The molecule has 1 aliphatic rings. The Morgan fingerprint density at radius 2 is 1.82 bits per heavy atom. The van der Waals surface area contributed by atoms with Gasteiger partial charge in [-0.05, 0) is 62.6 Å². The van der Waals surface area contributed by atoms with Crippen molar-refractivity contribution in [2.75, 3.05) is 44.5 Å². The molecule has 2 aromatic carbocycles. The van der Waals surface area contributed by atoms with Crippen molar-refractivity contribution >= 4 is 28.8 Å². The third-order valence-corrected chi connectivity index (χ3v) is 5.89. The fourth-order valence-electron chi connectivity index (χ4n) is 4.20. The van der Waals surface area contributed by atoms with Crippen molar-refractivity contribution in [3.05, 3.63) is 41.5 Å². The van der Waals surface area contributed by atoms with Gasteiger partial charge < -0.3 is 29.7 Å². The predicted molar refractivity (Wildman–Crippen MR) is 130 cm³/mol. The van der Waals surface area contributed by atoms with E-state index in [9.17, 15) is 4.79 Å². The Bertz CT molecular complexity index is 1110. The molecule has 0 unspecified atom stereocenters. The predicted octanol–water partition coefficient (Wildman–Crippen LogP) is 4.07. The molecule has 0 bridgehead atoms. The van der Waals surface area contributed by atoms with Crippen LogP contribution < -0.4 is 20.5 Å². The van der Waals surface area contributed by atoms with Crippen LogP contribution in [0.3, 0.4) is 0 Å². The summed E-state index contributed by atoms with van der Waals surface area (Å²) >= 11 is 0. The number of piperidine rings is 1. The molecule has 0 saturated carbocycles. The first-order valence-corrected chi connectivity index (χ1v) is 11.7. The number of nitrogens with zero attached hydrogens (tertiary/aromatic N) is 2. The Kier molecular flexibility index (Phi) is 7.42. The van der Waals surface area contributed by atoms with Crippen molar-refractivity contribution in [2.24, 2.45) is 0 Å². The van der Waals surface area contributed by atoms with Gasteiger partial charge in [-0.1, -0.05) is 0 Å². The first-order chi connectivity index (χ1) is 16.5. The molecule has 0 aliphatic carbocycles. The number of nitrogens with two attached hydrogens (primary N) is 1. The molecule has 1 saturated heterocycles. The van der Waals surface area contributed by atoms with Gasteiger partial charge in [-0.2, -0.15) is 4.98 Å². The lowest BCUT2D eigenvalue weighted by molar-refractivity contribution is 0.0600. The van der Waals surface area contributed by atoms with E-state index in [1.165, 1.54) is 7.11 Å². The molecule has 2 heterocycles. The number of carbonyl (C=O) groups excluding carboxylic acids is 1. The summed E-state index contributed by atoms with van der Waals surface area (Å²) in [6.45, 7) is 7.66. The smallest absolute Gasteiger partial charge is 0.337 e. The average Bonchev–Trinajstić information content (AvgIpc) is 3.24. The number of anilines is 2. The van der Waals surface area contributed by atoms with E-state index in [0.717, 1.165) is 38.0 Å². The van der Waals surface area contributed by atoms with Gasteiger partial charge in [0.05, 0.1) is 25.9 Å². The number of hydrogen-bond donors (Lipinski definition) is 2. The summed E-state index contributed by atoms with van der Waals surface area (Å²) in [7, 11) is 1.36. The van der Waals surface area contributed by atoms with Crippen molar-refractivity contribution in [3.63, 3.8) is 0 Å². The molecule has 0 spiro atoms. The second-order valence-electron chi connectivity index (χ2n) is 8.26. The summed E-state index contributed by atoms with van der Waals surface area (Å²) in [4.78, 5) is 18.6. The number of aromatic nitrogens is 1. The molecule has 182 valence electrons. The van der Waals surface area contributed by atoms with Gasteiger partial charge in [0, 0.05) is 25.7 Å². The minimum absolute atomic E-state index is 0.258. The SMILES string of the molecule is CCOc1cc(CN2CCC(Nc3nc4ccc(C(=O)OC)cc4o3)CC2)cc(OCC)c1N. The quantitative estimate of drug-likeness (QED) is 0.354. The Morgan fingerprint density at radius 3 is 2.44 bits per heavy atom. The van der Waals surface area contributed by atoms with Crippen molar-refractivity contribution in [2.45, 2.75) is 39.3 Å². The number of ether oxygens (including phenoxy) is 3. The number of oxazole rings is 1. The molecule has 4 rings (SSSR count). The maximum absolute atomic E-state index is 11.7. The van der Waals surface area contributed by atoms with Crippen LogP contribution >= 0.6 is 0 Å². The van der Waals surface area contributed by atoms with Gasteiger partial charge >= 0.3 is 5.97 Å². The van der Waals surface area contributed by atoms with E-state index in [2.05, 4.69) is 15.2 Å². The van der Waals surface area contributed by atoms with Crippen LogP contribution in [-0.2, 0) is 11.3 Å². The van der Waals surface area contributed by atoms with Crippen molar-refractivity contribution < 1.29 is 23.4 Å². The van der Waals surface area contributed by atoms with Crippen LogP contribution in [0.25, 0.3) is 11.1 Å². The van der Waals surface area contributed by atoms with Gasteiger partial charge in [0.25, 0.3) is 6.01 Å². The average molecular weight is 469 g/mol. The van der Waals surface area contributed by atoms with Crippen LogP contribution in [0.5, 0.6) is 11.5 Å². The molecule has 0 atom stereocenters. The molecule has 9 nitrogen and oxygen atoms in total. The number of benzene rings is 2. The van der Waals surface area contributed by atoms with E-state index in [4.69, 9.17) is 24.4 Å². The normalized spacial score (nSPS) is 14.8. The van der Waals surface area contributed by atoms with Crippen LogP contribution in [0, 0.1) is 0 Å². The highest BCUT2D eigenvalue weighted by Gasteiger charge is 2.22. The largest absolute Gasteiger partial charge is 0.492 e. The number of nitrogens with one attached hydrogen (secondary N) is 1. The summed E-state index contributed by atoms with van der Waals surface area (Å²) in [6.07, 6.45) is 1.91. The van der Waals surface area contributed by atoms with Gasteiger partial charge in [-0.3, -0.25) is 4.90 Å². The fraction of sp³-hybridized carbons (Fsp3) is 0.440. The number of nitrogen functional groups attached to an aromatic ring is 1. The minimum atomic E-state index is -0.400. The van der Waals surface area contributed by atoms with E-state index in [1.807, 2.05) is 26.0 Å². The van der Waals surface area contributed by atoms with Crippen LogP contribution in [0.2, 0.25) is 0 Å². The molecular weight excluding hydrogens is 436 g/mol. The highest BCUT2D eigenvalue weighted by Crippen LogP contribution is 2.34. The standard InChI is InChI=1S/C25H32N4O5/c1-4-32-21-12-16(13-22(23(21)26)33-5-2)15-29-10-8-18(9-11-29)27-25-28-19-7-6-17(24(30)31-3)14-20(19)34-25/h6-7,12-14,18H,4-5,8-11,15,26H2,1-3H3,(H,27,28). The topological polar surface area (TPSA) is 112 Å². The van der Waals surface area contributed by atoms with Crippen LogP contribution in [-0.4, -0.2) is 55.3 Å². The van der Waals surface area contributed by atoms with Gasteiger partial charge in [0.1, 0.15) is 22.7 Å². The number of likely N-dealkylation sites (tertiary alicyclic amines) is 1. The Balaban J connectivity index is 1.36. The molecule has 3 N–H and O–H groups in total. The van der Waals surface area contributed by atoms with Crippen LogP contribution in [0.1, 0.15) is 42.6 Å². The van der Waals surface area contributed by atoms with Crippen LogP contribution in [0.15, 0.2) is 34.7 Å². The summed E-state index contributed by atoms with van der Waals surface area (Å²) < 4.78 is 22.0. The molecule has 1 fully saturated rings. The maximum Gasteiger partial charge on any atom is 0.337 e. The molecule has 0 amide bonds. The lowest BCUT2D eigenvalue weighted by Gasteiger charge is -2.32. The molecule has 0 radical (unpaired) electrons. The van der Waals surface area contributed by atoms with Gasteiger partial charge in [0.15, 0.2) is 5.58 Å². The lowest BCUT2D eigenvalue weighted by Crippen LogP contribution is -2.38. The highest BCUT2D eigenvalue weighted by molar-refractivity contribution is 5.93. The third kappa shape index (κ3) is 5.36. The highest BCUT2D eigenvalue weighted by atomic mass is 16.5. The molecule has 9 heteroatoms. The van der Waals surface area contributed by atoms with Crippen molar-refractivity contribution in [1.82, 2.24) is 9.88 Å².